The van der Waals surface area contributed by atoms with E-state index in [-0.39, 0.29) is 17.9 Å². The molecule has 1 aromatic rings. The molecule has 1 aromatic heterocycles. The van der Waals surface area contributed by atoms with Crippen molar-refractivity contribution in [2.24, 2.45) is 11.7 Å². The van der Waals surface area contributed by atoms with E-state index in [1.165, 1.54) is 14.2 Å². The molecule has 0 fully saturated rings. The number of nitrogens with two attached hydrogens (primary N) is 1. The minimum atomic E-state index is 0.131. The largest absolute Gasteiger partial charge is 0.467 e. The van der Waals surface area contributed by atoms with Crippen molar-refractivity contribution in [3.63, 3.8) is 0 Å². The molecule has 8 heteroatoms. The first-order valence-electron chi connectivity index (χ1n) is 6.38. The lowest BCUT2D eigenvalue weighted by Crippen LogP contribution is -2.32. The summed E-state index contributed by atoms with van der Waals surface area (Å²) < 4.78 is 10.1. The Labute approximate surface area is 118 Å². The van der Waals surface area contributed by atoms with E-state index in [1.54, 1.807) is 0 Å². The molecule has 0 radical (unpaired) electrons. The summed E-state index contributed by atoms with van der Waals surface area (Å²) in [6.07, 6.45) is 0.447. The molecule has 1 rings (SSSR count). The van der Waals surface area contributed by atoms with Gasteiger partial charge in [-0.1, -0.05) is 13.8 Å². The van der Waals surface area contributed by atoms with Crippen molar-refractivity contribution < 1.29 is 9.47 Å². The Morgan fingerprint density at radius 2 is 1.75 bits per heavy atom. The molecule has 0 saturated heterocycles. The molecule has 8 nitrogen and oxygen atoms in total. The van der Waals surface area contributed by atoms with Gasteiger partial charge in [0.1, 0.15) is 0 Å². The number of methoxy groups -OCH3 is 2. The highest BCUT2D eigenvalue weighted by molar-refractivity contribution is 5.77. The smallest absolute Gasteiger partial charge is 0.324 e. The third-order valence-corrected chi connectivity index (χ3v) is 2.47. The normalized spacial score (nSPS) is 10.4. The molecule has 0 aromatic carbocycles. The Morgan fingerprint density at radius 1 is 1.20 bits per heavy atom. The van der Waals surface area contributed by atoms with Crippen molar-refractivity contribution in [3.05, 3.63) is 0 Å². The maximum atomic E-state index is 7.34. The van der Waals surface area contributed by atoms with Gasteiger partial charge < -0.3 is 20.1 Å². The summed E-state index contributed by atoms with van der Waals surface area (Å²) in [4.78, 5) is 14.4. The number of nitrogens with zero attached hydrogens (tertiary/aromatic N) is 4. The Balaban J connectivity index is 3.01. The summed E-state index contributed by atoms with van der Waals surface area (Å²) in [6.45, 7) is 5.49. The highest BCUT2D eigenvalue weighted by Crippen LogP contribution is 2.17. The molecule has 0 amide bonds. The van der Waals surface area contributed by atoms with E-state index in [0.29, 0.717) is 24.8 Å². The molecule has 0 aliphatic rings. The summed E-state index contributed by atoms with van der Waals surface area (Å²) in [5.74, 6) is 1.01. The van der Waals surface area contributed by atoms with Crippen molar-refractivity contribution in [2.45, 2.75) is 20.3 Å². The van der Waals surface area contributed by atoms with E-state index in [9.17, 15) is 0 Å². The van der Waals surface area contributed by atoms with E-state index >= 15 is 0 Å². The minimum absolute atomic E-state index is 0.131. The zero-order valence-corrected chi connectivity index (χ0v) is 12.4. The first kappa shape index (κ1) is 15.9. The van der Waals surface area contributed by atoms with Gasteiger partial charge >= 0.3 is 12.0 Å². The van der Waals surface area contributed by atoms with Gasteiger partial charge in [-0.3, -0.25) is 5.41 Å². The number of hydrogen-bond acceptors (Lipinski definition) is 7. The maximum Gasteiger partial charge on any atom is 0.324 e. The van der Waals surface area contributed by atoms with Gasteiger partial charge in [-0.2, -0.15) is 9.97 Å². The average Bonchev–Trinajstić information content (AvgIpc) is 2.42. The molecule has 0 saturated carbocycles. The average molecular weight is 282 g/mol. The van der Waals surface area contributed by atoms with E-state index in [4.69, 9.17) is 20.6 Å². The van der Waals surface area contributed by atoms with E-state index in [0.717, 1.165) is 6.54 Å². The molecular formula is C12H22N6O2. The maximum absolute atomic E-state index is 7.34. The van der Waals surface area contributed by atoms with Crippen LogP contribution in [0.15, 0.2) is 0 Å². The fourth-order valence-corrected chi connectivity index (χ4v) is 1.62. The molecule has 0 atom stereocenters. The van der Waals surface area contributed by atoms with Crippen LogP contribution in [0.2, 0.25) is 0 Å². The Bertz CT molecular complexity index is 429. The van der Waals surface area contributed by atoms with Crippen LogP contribution in [-0.2, 0) is 0 Å². The Kier molecular flexibility index (Phi) is 5.95. The number of anilines is 1. The molecule has 0 aliphatic carbocycles. The van der Waals surface area contributed by atoms with Gasteiger partial charge in [-0.15, -0.1) is 4.98 Å². The second-order valence-corrected chi connectivity index (χ2v) is 4.72. The van der Waals surface area contributed by atoms with Crippen molar-refractivity contribution in [2.75, 3.05) is 32.2 Å². The summed E-state index contributed by atoms with van der Waals surface area (Å²) in [5.41, 5.74) is 5.42. The second kappa shape index (κ2) is 7.46. The number of hydrogen-bond donors (Lipinski definition) is 2. The molecular weight excluding hydrogens is 260 g/mol. The third-order valence-electron chi connectivity index (χ3n) is 2.47. The van der Waals surface area contributed by atoms with Crippen molar-refractivity contribution >= 4 is 11.8 Å². The lowest BCUT2D eigenvalue weighted by atomic mass is 10.2. The SMILES string of the molecule is COc1nc(OC)nc(N(CCC(=N)N)CC(C)C)n1. The number of nitrogens with one attached hydrogen (secondary N) is 1. The summed E-state index contributed by atoms with van der Waals surface area (Å²) in [7, 11) is 2.97. The molecule has 112 valence electrons. The molecule has 0 spiro atoms. The number of rotatable bonds is 8. The van der Waals surface area contributed by atoms with Crippen LogP contribution >= 0.6 is 0 Å². The van der Waals surface area contributed by atoms with Crippen molar-refractivity contribution in [1.29, 1.82) is 5.41 Å². The van der Waals surface area contributed by atoms with Crippen LogP contribution < -0.4 is 20.1 Å². The van der Waals surface area contributed by atoms with Crippen LogP contribution in [0.1, 0.15) is 20.3 Å². The number of amidine groups is 1. The molecule has 3 N–H and O–H groups in total. The molecule has 1 heterocycles. The lowest BCUT2D eigenvalue weighted by Gasteiger charge is -2.24. The summed E-state index contributed by atoms with van der Waals surface area (Å²) in [6, 6.07) is 0.395. The molecule has 0 unspecified atom stereocenters. The first-order valence-corrected chi connectivity index (χ1v) is 6.38. The fourth-order valence-electron chi connectivity index (χ4n) is 1.62. The van der Waals surface area contributed by atoms with Gasteiger partial charge in [0.2, 0.25) is 5.95 Å². The van der Waals surface area contributed by atoms with Gasteiger partial charge in [-0.05, 0) is 5.92 Å². The van der Waals surface area contributed by atoms with E-state index < -0.39 is 0 Å². The first-order chi connectivity index (χ1) is 9.46. The van der Waals surface area contributed by atoms with Gasteiger partial charge in [0, 0.05) is 19.5 Å². The zero-order valence-electron chi connectivity index (χ0n) is 12.4. The highest BCUT2D eigenvalue weighted by Gasteiger charge is 2.15. The third kappa shape index (κ3) is 4.87. The predicted octanol–water partition coefficient (Wildman–Crippen LogP) is 0.677. The lowest BCUT2D eigenvalue weighted by molar-refractivity contribution is 0.339. The van der Waals surface area contributed by atoms with Gasteiger partial charge in [0.15, 0.2) is 0 Å². The predicted molar refractivity (Wildman–Crippen MR) is 76.5 cm³/mol. The fraction of sp³-hybridized carbons (Fsp3) is 0.667. The molecule has 0 aliphatic heterocycles. The van der Waals surface area contributed by atoms with Gasteiger partial charge in [0.25, 0.3) is 0 Å². The topological polar surface area (TPSA) is 110 Å². The summed E-state index contributed by atoms with van der Waals surface area (Å²) in [5, 5.41) is 7.34. The Morgan fingerprint density at radius 3 is 2.15 bits per heavy atom. The molecule has 20 heavy (non-hydrogen) atoms. The monoisotopic (exact) mass is 282 g/mol. The van der Waals surface area contributed by atoms with Crippen LogP contribution in [-0.4, -0.2) is 48.1 Å². The van der Waals surface area contributed by atoms with Crippen LogP contribution in [0.5, 0.6) is 12.0 Å². The van der Waals surface area contributed by atoms with Crippen molar-refractivity contribution in [1.82, 2.24) is 15.0 Å². The van der Waals surface area contributed by atoms with E-state index in [2.05, 4.69) is 28.8 Å². The van der Waals surface area contributed by atoms with Gasteiger partial charge in [-0.25, -0.2) is 0 Å². The van der Waals surface area contributed by atoms with Crippen LogP contribution in [0, 0.1) is 11.3 Å². The van der Waals surface area contributed by atoms with Crippen LogP contribution in [0.25, 0.3) is 0 Å². The standard InChI is InChI=1S/C12H22N6O2/c1-8(2)7-18(6-5-9(13)14)10-15-11(19-3)17-12(16-10)20-4/h8H,5-7H2,1-4H3,(H3,13,14). The van der Waals surface area contributed by atoms with Crippen molar-refractivity contribution in [3.8, 4) is 12.0 Å². The minimum Gasteiger partial charge on any atom is -0.467 e. The van der Waals surface area contributed by atoms with E-state index in [1.807, 2.05) is 4.90 Å². The van der Waals surface area contributed by atoms with Gasteiger partial charge in [0.05, 0.1) is 20.1 Å². The Hall–Kier alpha value is -2.12. The highest BCUT2D eigenvalue weighted by atomic mass is 16.5. The molecule has 0 bridgehead atoms. The van der Waals surface area contributed by atoms with Crippen LogP contribution in [0.3, 0.4) is 0 Å². The summed E-state index contributed by atoms with van der Waals surface area (Å²) >= 11 is 0. The second-order valence-electron chi connectivity index (χ2n) is 4.72. The van der Waals surface area contributed by atoms with Crippen LogP contribution in [0.4, 0.5) is 5.95 Å². The quantitative estimate of drug-likeness (QED) is 0.532. The number of ether oxygens (including phenoxy) is 2. The zero-order chi connectivity index (χ0) is 15.1. The number of aromatic nitrogens is 3.